The molecule has 4 heteroatoms. The molecule has 4 nitrogen and oxygen atoms in total. The number of fused-ring (bicyclic) bond motifs is 1. The molecule has 0 fully saturated rings. The van der Waals surface area contributed by atoms with Crippen molar-refractivity contribution in [3.63, 3.8) is 0 Å². The van der Waals surface area contributed by atoms with Gasteiger partial charge in [-0.25, -0.2) is 9.97 Å². The van der Waals surface area contributed by atoms with Crippen molar-refractivity contribution in [3.05, 3.63) is 72.8 Å². The van der Waals surface area contributed by atoms with Crippen LogP contribution in [0.15, 0.2) is 67.3 Å². The normalized spacial score (nSPS) is 12.6. The minimum absolute atomic E-state index is 0.246. The first-order chi connectivity index (χ1) is 10.8. The van der Waals surface area contributed by atoms with Crippen LogP contribution in [0.5, 0.6) is 0 Å². The molecule has 0 radical (unpaired) electrons. The van der Waals surface area contributed by atoms with Crippen LogP contribution in [0.25, 0.3) is 22.4 Å². The maximum Gasteiger partial charge on any atom is 0.138 e. The topological polar surface area (TPSA) is 46.5 Å². The molecule has 2 aromatic heterocycles. The number of aromatic nitrogens is 4. The predicted octanol–water partition coefficient (Wildman–Crippen LogP) is 4.04. The van der Waals surface area contributed by atoms with Gasteiger partial charge in [-0.15, -0.1) is 0 Å². The van der Waals surface area contributed by atoms with Crippen molar-refractivity contribution in [2.24, 2.45) is 0 Å². The van der Waals surface area contributed by atoms with Crippen molar-refractivity contribution in [2.45, 2.75) is 13.0 Å². The van der Waals surface area contributed by atoms with Crippen molar-refractivity contribution in [3.8, 4) is 11.4 Å². The second kappa shape index (κ2) is 5.15. The molecule has 0 amide bonds. The lowest BCUT2D eigenvalue weighted by Crippen LogP contribution is -2.03. The van der Waals surface area contributed by atoms with Crippen LogP contribution in [0.2, 0.25) is 0 Å². The average molecular weight is 288 g/mol. The molecule has 1 atom stereocenters. The molecule has 4 rings (SSSR count). The third-order valence-corrected chi connectivity index (χ3v) is 4.01. The van der Waals surface area contributed by atoms with E-state index in [1.807, 2.05) is 30.7 Å². The monoisotopic (exact) mass is 288 g/mol. The van der Waals surface area contributed by atoms with E-state index in [-0.39, 0.29) is 6.04 Å². The van der Waals surface area contributed by atoms with Gasteiger partial charge in [0.25, 0.3) is 0 Å². The summed E-state index contributed by atoms with van der Waals surface area (Å²) in [5.41, 5.74) is 4.38. The van der Waals surface area contributed by atoms with Crippen molar-refractivity contribution >= 4 is 11.0 Å². The highest BCUT2D eigenvalue weighted by molar-refractivity contribution is 5.80. The third-order valence-electron chi connectivity index (χ3n) is 4.01. The number of benzene rings is 2. The number of aromatic amines is 1. The molecule has 22 heavy (non-hydrogen) atoms. The first kappa shape index (κ1) is 12.8. The van der Waals surface area contributed by atoms with Gasteiger partial charge in [0.05, 0.1) is 23.4 Å². The van der Waals surface area contributed by atoms with Gasteiger partial charge in [-0.3, -0.25) is 0 Å². The molecule has 0 saturated heterocycles. The summed E-state index contributed by atoms with van der Waals surface area (Å²) in [6.07, 6.45) is 5.63. The molecule has 1 unspecified atom stereocenters. The van der Waals surface area contributed by atoms with Crippen LogP contribution in [-0.2, 0) is 0 Å². The van der Waals surface area contributed by atoms with Crippen LogP contribution in [0.1, 0.15) is 18.5 Å². The summed E-state index contributed by atoms with van der Waals surface area (Å²) >= 11 is 0. The van der Waals surface area contributed by atoms with Gasteiger partial charge in [0.15, 0.2) is 0 Å². The van der Waals surface area contributed by atoms with Gasteiger partial charge in [-0.1, -0.05) is 36.4 Å². The maximum atomic E-state index is 4.67. The van der Waals surface area contributed by atoms with Gasteiger partial charge in [0.2, 0.25) is 0 Å². The third kappa shape index (κ3) is 2.19. The number of rotatable bonds is 3. The molecule has 0 aliphatic carbocycles. The zero-order chi connectivity index (χ0) is 14.9. The van der Waals surface area contributed by atoms with Crippen LogP contribution in [0.3, 0.4) is 0 Å². The lowest BCUT2D eigenvalue weighted by Gasteiger charge is -2.13. The SMILES string of the molecule is CC(c1ccc2nc(-c3ccccc3)[nH]c2c1)n1ccnc1. The lowest BCUT2D eigenvalue weighted by atomic mass is 10.1. The first-order valence-electron chi connectivity index (χ1n) is 7.34. The Labute approximate surface area is 128 Å². The minimum atomic E-state index is 0.246. The second-order valence-electron chi connectivity index (χ2n) is 5.41. The molecule has 2 heterocycles. The van der Waals surface area contributed by atoms with Gasteiger partial charge in [0.1, 0.15) is 5.82 Å². The Morgan fingerprint density at radius 3 is 2.73 bits per heavy atom. The van der Waals surface area contributed by atoms with E-state index in [4.69, 9.17) is 0 Å². The summed E-state index contributed by atoms with van der Waals surface area (Å²) < 4.78 is 2.09. The molecule has 0 aliphatic heterocycles. The van der Waals surface area contributed by atoms with Crippen molar-refractivity contribution in [1.82, 2.24) is 19.5 Å². The number of hydrogen-bond acceptors (Lipinski definition) is 2. The summed E-state index contributed by atoms with van der Waals surface area (Å²) in [5.74, 6) is 0.906. The average Bonchev–Trinajstić information content (AvgIpc) is 3.23. The fourth-order valence-corrected chi connectivity index (χ4v) is 2.69. The molecule has 2 aromatic carbocycles. The first-order valence-corrected chi connectivity index (χ1v) is 7.34. The molecular formula is C18H16N4. The van der Waals surface area contributed by atoms with E-state index < -0.39 is 0 Å². The van der Waals surface area contributed by atoms with Gasteiger partial charge in [0, 0.05) is 18.0 Å². The predicted molar refractivity (Wildman–Crippen MR) is 87.6 cm³/mol. The number of imidazole rings is 2. The van der Waals surface area contributed by atoms with Crippen LogP contribution in [0, 0.1) is 0 Å². The Hall–Kier alpha value is -2.88. The van der Waals surface area contributed by atoms with E-state index in [2.05, 4.69) is 56.8 Å². The van der Waals surface area contributed by atoms with E-state index >= 15 is 0 Å². The quantitative estimate of drug-likeness (QED) is 0.618. The highest BCUT2D eigenvalue weighted by Crippen LogP contribution is 2.24. The van der Waals surface area contributed by atoms with Crippen molar-refractivity contribution < 1.29 is 0 Å². The Bertz CT molecular complexity index is 891. The molecule has 4 aromatic rings. The van der Waals surface area contributed by atoms with E-state index in [9.17, 15) is 0 Å². The molecule has 0 spiro atoms. The van der Waals surface area contributed by atoms with Crippen molar-refractivity contribution in [1.29, 1.82) is 0 Å². The number of H-pyrrole nitrogens is 1. The Kier molecular flexibility index (Phi) is 3.00. The molecule has 1 N–H and O–H groups in total. The zero-order valence-electron chi connectivity index (χ0n) is 12.3. The number of nitrogens with zero attached hydrogens (tertiary/aromatic N) is 3. The summed E-state index contributed by atoms with van der Waals surface area (Å²) in [7, 11) is 0. The number of hydrogen-bond donors (Lipinski definition) is 1. The Morgan fingerprint density at radius 2 is 1.95 bits per heavy atom. The van der Waals surface area contributed by atoms with Gasteiger partial charge < -0.3 is 9.55 Å². The zero-order valence-corrected chi connectivity index (χ0v) is 12.3. The van der Waals surface area contributed by atoms with E-state index in [0.717, 1.165) is 22.4 Å². The maximum absolute atomic E-state index is 4.67. The van der Waals surface area contributed by atoms with E-state index in [0.29, 0.717) is 0 Å². The molecule has 0 bridgehead atoms. The molecule has 0 aliphatic rings. The lowest BCUT2D eigenvalue weighted by molar-refractivity contribution is 0.639. The largest absolute Gasteiger partial charge is 0.338 e. The molecule has 108 valence electrons. The highest BCUT2D eigenvalue weighted by Gasteiger charge is 2.10. The van der Waals surface area contributed by atoms with Gasteiger partial charge in [-0.2, -0.15) is 0 Å². The summed E-state index contributed by atoms with van der Waals surface area (Å²) in [5, 5.41) is 0. The second-order valence-corrected chi connectivity index (χ2v) is 5.41. The van der Waals surface area contributed by atoms with Crippen LogP contribution in [-0.4, -0.2) is 19.5 Å². The van der Waals surface area contributed by atoms with E-state index in [1.165, 1.54) is 5.56 Å². The Balaban J connectivity index is 1.75. The fraction of sp³-hybridized carbons (Fsp3) is 0.111. The van der Waals surface area contributed by atoms with Crippen molar-refractivity contribution in [2.75, 3.05) is 0 Å². The standard InChI is InChI=1S/C18H16N4/c1-13(22-10-9-19-12-22)15-7-8-16-17(11-15)21-18(20-16)14-5-3-2-4-6-14/h2-13H,1H3,(H,20,21). The summed E-state index contributed by atoms with van der Waals surface area (Å²) in [4.78, 5) is 12.2. The minimum Gasteiger partial charge on any atom is -0.338 e. The number of nitrogens with one attached hydrogen (secondary N) is 1. The van der Waals surface area contributed by atoms with Gasteiger partial charge in [-0.05, 0) is 24.6 Å². The molecular weight excluding hydrogens is 272 g/mol. The van der Waals surface area contributed by atoms with Crippen LogP contribution >= 0.6 is 0 Å². The summed E-state index contributed by atoms with van der Waals surface area (Å²) in [6, 6.07) is 16.8. The molecule has 0 saturated carbocycles. The van der Waals surface area contributed by atoms with E-state index in [1.54, 1.807) is 6.20 Å². The van der Waals surface area contributed by atoms with Crippen LogP contribution in [0.4, 0.5) is 0 Å². The highest BCUT2D eigenvalue weighted by atomic mass is 15.0. The summed E-state index contributed by atoms with van der Waals surface area (Å²) in [6.45, 7) is 2.16. The fourth-order valence-electron chi connectivity index (χ4n) is 2.69. The van der Waals surface area contributed by atoms with Gasteiger partial charge >= 0.3 is 0 Å². The van der Waals surface area contributed by atoms with Crippen LogP contribution < -0.4 is 0 Å². The Morgan fingerprint density at radius 1 is 1.09 bits per heavy atom. The smallest absolute Gasteiger partial charge is 0.138 e.